The van der Waals surface area contributed by atoms with Gasteiger partial charge in [0.15, 0.2) is 0 Å². The monoisotopic (exact) mass is 625 g/mol. The van der Waals surface area contributed by atoms with E-state index < -0.39 is 34.5 Å². The summed E-state index contributed by atoms with van der Waals surface area (Å²) in [5.41, 5.74) is 2.01. The fraction of sp³-hybridized carbons (Fsp3) is 0.294. The van der Waals surface area contributed by atoms with Gasteiger partial charge in [-0.2, -0.15) is 0 Å². The van der Waals surface area contributed by atoms with Crippen LogP contribution in [0.5, 0.6) is 0 Å². The van der Waals surface area contributed by atoms with Crippen molar-refractivity contribution in [3.63, 3.8) is 0 Å². The molecule has 3 N–H and O–H groups in total. The SMILES string of the molecule is Cc1c(C(=O)N[C@@H]2CN(c3ccc4ncsc4c3)C[C@@]2(Cc2ccccc2)C(=O)O)c(=O)n(-c2ccccc2)n1CC(C)(C)O. The van der Waals surface area contributed by atoms with E-state index in [0.717, 1.165) is 21.5 Å². The maximum atomic E-state index is 14.1. The Hall–Kier alpha value is -4.74. The standard InChI is InChI=1S/C34H35N5O5S/c1-22-29(31(41)39(24-12-8-5-9-13-24)38(22)19-33(2,3)44)30(40)36-28-18-37(25-14-15-26-27(16-25)45-21-35-26)20-34(28,32(42)43)17-23-10-6-4-7-11-23/h4-16,21,28,44H,17-20H2,1-3H3,(H,36,40)(H,42,43)/t28-,34-/m1/s1. The number of carbonyl (C=O) groups is 2. The first-order chi connectivity index (χ1) is 21.5. The summed E-state index contributed by atoms with van der Waals surface area (Å²) >= 11 is 1.51. The van der Waals surface area contributed by atoms with Gasteiger partial charge in [-0.25, -0.2) is 9.67 Å². The zero-order chi connectivity index (χ0) is 31.9. The Balaban J connectivity index is 1.41. The molecule has 0 radical (unpaired) electrons. The lowest BCUT2D eigenvalue weighted by Crippen LogP contribution is -2.53. The average molecular weight is 626 g/mol. The van der Waals surface area contributed by atoms with Crippen LogP contribution >= 0.6 is 11.3 Å². The summed E-state index contributed by atoms with van der Waals surface area (Å²) in [7, 11) is 0. The molecule has 1 amide bonds. The number of hydrogen-bond donors (Lipinski definition) is 3. The number of aliphatic carboxylic acids is 1. The molecule has 45 heavy (non-hydrogen) atoms. The molecule has 1 aliphatic rings. The molecule has 0 bridgehead atoms. The van der Waals surface area contributed by atoms with Crippen molar-refractivity contribution in [3.05, 3.63) is 112 Å². The maximum absolute atomic E-state index is 14.1. The molecule has 2 aromatic heterocycles. The number of para-hydroxylation sites is 1. The average Bonchev–Trinajstić information content (AvgIpc) is 3.68. The molecule has 0 aliphatic carbocycles. The van der Waals surface area contributed by atoms with Crippen molar-refractivity contribution in [1.82, 2.24) is 19.7 Å². The second-order valence-corrected chi connectivity index (χ2v) is 13.2. The summed E-state index contributed by atoms with van der Waals surface area (Å²) in [5.74, 6) is -1.68. The van der Waals surface area contributed by atoms with Crippen LogP contribution in [0.3, 0.4) is 0 Å². The zero-order valence-electron chi connectivity index (χ0n) is 25.3. The van der Waals surface area contributed by atoms with Gasteiger partial charge in [-0.1, -0.05) is 48.5 Å². The van der Waals surface area contributed by atoms with Crippen molar-refractivity contribution < 1.29 is 19.8 Å². The number of aliphatic hydroxyl groups is 1. The van der Waals surface area contributed by atoms with Gasteiger partial charge in [0.05, 0.1) is 45.3 Å². The van der Waals surface area contributed by atoms with Gasteiger partial charge < -0.3 is 20.4 Å². The summed E-state index contributed by atoms with van der Waals surface area (Å²) in [4.78, 5) is 47.7. The second kappa shape index (κ2) is 11.6. The Labute approximate surface area is 264 Å². The predicted octanol–water partition coefficient (Wildman–Crippen LogP) is 4.26. The van der Waals surface area contributed by atoms with E-state index in [9.17, 15) is 24.6 Å². The fourth-order valence-corrected chi connectivity index (χ4v) is 7.00. The number of carbonyl (C=O) groups excluding carboxylic acids is 1. The highest BCUT2D eigenvalue weighted by Crippen LogP contribution is 2.39. The molecule has 1 fully saturated rings. The van der Waals surface area contributed by atoms with Gasteiger partial charge in [0.25, 0.3) is 11.5 Å². The van der Waals surface area contributed by atoms with Crippen LogP contribution in [0.15, 0.2) is 89.2 Å². The molecular formula is C34H35N5O5S. The van der Waals surface area contributed by atoms with Crippen LogP contribution in [0.1, 0.15) is 35.5 Å². The summed E-state index contributed by atoms with van der Waals surface area (Å²) in [6, 6.07) is 23.3. The van der Waals surface area contributed by atoms with Gasteiger partial charge in [0.1, 0.15) is 11.0 Å². The van der Waals surface area contributed by atoms with Crippen LogP contribution in [-0.2, 0) is 17.8 Å². The van der Waals surface area contributed by atoms with Crippen LogP contribution in [0.2, 0.25) is 0 Å². The lowest BCUT2D eigenvalue weighted by Gasteiger charge is -2.31. The number of fused-ring (bicyclic) bond motifs is 1. The van der Waals surface area contributed by atoms with Gasteiger partial charge in [-0.15, -0.1) is 11.3 Å². The molecule has 3 heterocycles. The molecular weight excluding hydrogens is 590 g/mol. The molecule has 11 heteroatoms. The van der Waals surface area contributed by atoms with Gasteiger partial charge in [-0.3, -0.25) is 19.1 Å². The highest BCUT2D eigenvalue weighted by atomic mass is 32.1. The summed E-state index contributed by atoms with van der Waals surface area (Å²) in [6.07, 6.45) is 0.181. The van der Waals surface area contributed by atoms with Gasteiger partial charge in [0, 0.05) is 18.8 Å². The van der Waals surface area contributed by atoms with E-state index in [0.29, 0.717) is 11.4 Å². The summed E-state index contributed by atoms with van der Waals surface area (Å²) in [6.45, 7) is 5.37. The third kappa shape index (κ3) is 5.76. The minimum absolute atomic E-state index is 0.0561. The van der Waals surface area contributed by atoms with E-state index >= 15 is 0 Å². The number of amides is 1. The molecule has 0 spiro atoms. The van der Waals surface area contributed by atoms with E-state index in [2.05, 4.69) is 10.3 Å². The first-order valence-electron chi connectivity index (χ1n) is 14.7. The van der Waals surface area contributed by atoms with E-state index in [1.54, 1.807) is 55.2 Å². The third-order valence-electron chi connectivity index (χ3n) is 8.48. The van der Waals surface area contributed by atoms with Crippen molar-refractivity contribution >= 4 is 39.1 Å². The molecule has 0 unspecified atom stereocenters. The molecule has 6 rings (SSSR count). The smallest absolute Gasteiger partial charge is 0.313 e. The van der Waals surface area contributed by atoms with Crippen molar-refractivity contribution in [2.24, 2.45) is 5.41 Å². The Bertz CT molecular complexity index is 1930. The Kier molecular flexibility index (Phi) is 7.84. The number of aromatic nitrogens is 3. The molecule has 10 nitrogen and oxygen atoms in total. The number of nitrogens with zero attached hydrogens (tertiary/aromatic N) is 4. The number of nitrogens with one attached hydrogen (secondary N) is 1. The molecule has 1 aliphatic heterocycles. The lowest BCUT2D eigenvalue weighted by atomic mass is 9.77. The number of benzene rings is 3. The number of carboxylic acid groups (broad SMARTS) is 1. The van der Waals surface area contributed by atoms with Gasteiger partial charge in [0.2, 0.25) is 0 Å². The quantitative estimate of drug-likeness (QED) is 0.223. The van der Waals surface area contributed by atoms with Crippen molar-refractivity contribution in [3.8, 4) is 5.69 Å². The minimum Gasteiger partial charge on any atom is -0.481 e. The van der Waals surface area contributed by atoms with E-state index in [4.69, 9.17) is 0 Å². The topological polar surface area (TPSA) is 130 Å². The first kappa shape index (κ1) is 30.3. The zero-order valence-corrected chi connectivity index (χ0v) is 26.1. The van der Waals surface area contributed by atoms with Crippen molar-refractivity contribution in [2.45, 2.75) is 45.4 Å². The summed E-state index contributed by atoms with van der Waals surface area (Å²) in [5, 5.41) is 24.5. The molecule has 232 valence electrons. The van der Waals surface area contributed by atoms with Crippen LogP contribution in [-0.4, -0.2) is 61.2 Å². The fourth-order valence-electron chi connectivity index (χ4n) is 6.29. The predicted molar refractivity (Wildman–Crippen MR) is 174 cm³/mol. The highest BCUT2D eigenvalue weighted by molar-refractivity contribution is 7.16. The summed E-state index contributed by atoms with van der Waals surface area (Å²) < 4.78 is 3.97. The lowest BCUT2D eigenvalue weighted by molar-refractivity contribution is -0.148. The second-order valence-electron chi connectivity index (χ2n) is 12.3. The first-order valence-corrected chi connectivity index (χ1v) is 15.6. The van der Waals surface area contributed by atoms with Crippen LogP contribution in [0, 0.1) is 12.3 Å². The number of thiazole rings is 1. The Morgan fingerprint density at radius 1 is 1.04 bits per heavy atom. The number of anilines is 1. The van der Waals surface area contributed by atoms with Crippen molar-refractivity contribution in [2.75, 3.05) is 18.0 Å². The molecule has 2 atom stereocenters. The van der Waals surface area contributed by atoms with Crippen LogP contribution in [0.4, 0.5) is 5.69 Å². The Morgan fingerprint density at radius 2 is 1.73 bits per heavy atom. The highest BCUT2D eigenvalue weighted by Gasteiger charge is 2.53. The van der Waals surface area contributed by atoms with Crippen LogP contribution in [0.25, 0.3) is 15.9 Å². The largest absolute Gasteiger partial charge is 0.481 e. The number of rotatable bonds is 9. The van der Waals surface area contributed by atoms with Crippen LogP contribution < -0.4 is 15.8 Å². The van der Waals surface area contributed by atoms with E-state index in [1.165, 1.54) is 16.0 Å². The van der Waals surface area contributed by atoms with Gasteiger partial charge >= 0.3 is 5.97 Å². The molecule has 5 aromatic rings. The molecule has 0 saturated carbocycles. The third-order valence-corrected chi connectivity index (χ3v) is 9.27. The van der Waals surface area contributed by atoms with Gasteiger partial charge in [-0.05, 0) is 63.1 Å². The minimum atomic E-state index is -1.39. The van der Waals surface area contributed by atoms with E-state index in [-0.39, 0.29) is 31.6 Å². The maximum Gasteiger partial charge on any atom is 0.313 e. The number of carboxylic acids is 1. The normalized spacial score (nSPS) is 18.4. The molecule has 3 aromatic carbocycles. The van der Waals surface area contributed by atoms with E-state index in [1.807, 2.05) is 59.5 Å². The number of hydrogen-bond acceptors (Lipinski definition) is 7. The Morgan fingerprint density at radius 3 is 2.40 bits per heavy atom. The molecule has 1 saturated heterocycles. The van der Waals surface area contributed by atoms with Crippen molar-refractivity contribution in [1.29, 1.82) is 0 Å².